The number of pyridine rings is 1. The molecular formula is C14H20F3N3O. The van der Waals surface area contributed by atoms with Gasteiger partial charge < -0.3 is 11.1 Å². The summed E-state index contributed by atoms with van der Waals surface area (Å²) in [6.07, 6.45) is -3.15. The van der Waals surface area contributed by atoms with Crippen LogP contribution in [0.4, 0.5) is 13.2 Å². The van der Waals surface area contributed by atoms with Gasteiger partial charge in [-0.25, -0.2) is 0 Å². The Hall–Kier alpha value is -1.63. The molecule has 0 saturated carbocycles. The molecule has 1 aromatic rings. The monoisotopic (exact) mass is 303 g/mol. The van der Waals surface area contributed by atoms with Gasteiger partial charge in [0.1, 0.15) is 5.69 Å². The molecule has 3 N–H and O–H groups in total. The van der Waals surface area contributed by atoms with Gasteiger partial charge in [0.25, 0.3) is 5.91 Å². The van der Waals surface area contributed by atoms with E-state index in [1.165, 1.54) is 0 Å². The predicted octanol–water partition coefficient (Wildman–Crippen LogP) is 2.59. The molecule has 4 nitrogen and oxygen atoms in total. The minimum absolute atomic E-state index is 0.0635. The normalized spacial score (nSPS) is 14.9. The number of nitrogens with one attached hydrogen (secondary N) is 1. The van der Waals surface area contributed by atoms with Gasteiger partial charge in [-0.05, 0) is 31.4 Å². The van der Waals surface area contributed by atoms with Crippen LogP contribution in [0.1, 0.15) is 43.2 Å². The lowest BCUT2D eigenvalue weighted by Crippen LogP contribution is -2.52. The largest absolute Gasteiger partial charge is 0.417 e. The van der Waals surface area contributed by atoms with Crippen LogP contribution < -0.4 is 11.1 Å². The van der Waals surface area contributed by atoms with E-state index < -0.39 is 23.2 Å². The first kappa shape index (κ1) is 17.4. The Balaban J connectivity index is 2.84. The fourth-order valence-corrected chi connectivity index (χ4v) is 2.12. The van der Waals surface area contributed by atoms with Crippen molar-refractivity contribution in [3.8, 4) is 0 Å². The summed E-state index contributed by atoms with van der Waals surface area (Å²) < 4.78 is 37.3. The third kappa shape index (κ3) is 5.00. The van der Waals surface area contributed by atoms with Gasteiger partial charge in [0, 0.05) is 12.7 Å². The van der Waals surface area contributed by atoms with Crippen LogP contribution in [-0.4, -0.2) is 23.0 Å². The van der Waals surface area contributed by atoms with E-state index in [2.05, 4.69) is 10.3 Å². The average Bonchev–Trinajstić information content (AvgIpc) is 2.36. The number of carbonyl (C=O) groups is 1. The lowest BCUT2D eigenvalue weighted by Gasteiger charge is -2.31. The van der Waals surface area contributed by atoms with Gasteiger partial charge in [-0.15, -0.1) is 0 Å². The molecule has 0 radical (unpaired) electrons. The van der Waals surface area contributed by atoms with Crippen molar-refractivity contribution in [2.75, 3.05) is 6.54 Å². The van der Waals surface area contributed by atoms with Gasteiger partial charge in [0.15, 0.2) is 0 Å². The van der Waals surface area contributed by atoms with Crippen molar-refractivity contribution in [1.82, 2.24) is 10.3 Å². The number of nitrogens with zero attached hydrogens (tertiary/aromatic N) is 1. The quantitative estimate of drug-likeness (QED) is 0.878. The third-order valence-corrected chi connectivity index (χ3v) is 3.05. The molecule has 118 valence electrons. The number of nitrogens with two attached hydrogens (primary N) is 1. The number of alkyl halides is 3. The molecular weight excluding hydrogens is 283 g/mol. The van der Waals surface area contributed by atoms with Gasteiger partial charge in [0.2, 0.25) is 0 Å². The molecule has 0 aliphatic carbocycles. The summed E-state index contributed by atoms with van der Waals surface area (Å²) >= 11 is 0. The van der Waals surface area contributed by atoms with E-state index in [0.717, 1.165) is 12.1 Å². The summed E-state index contributed by atoms with van der Waals surface area (Å²) in [6, 6.07) is 1.90. The number of hydrogen-bond acceptors (Lipinski definition) is 3. The van der Waals surface area contributed by atoms with Crippen LogP contribution in [0.25, 0.3) is 0 Å². The molecule has 0 bridgehead atoms. The van der Waals surface area contributed by atoms with Gasteiger partial charge in [-0.3, -0.25) is 9.78 Å². The molecule has 1 aromatic heterocycles. The molecule has 0 saturated heterocycles. The number of carbonyl (C=O) groups excluding carboxylic acids is 1. The van der Waals surface area contributed by atoms with E-state index >= 15 is 0 Å². The highest BCUT2D eigenvalue weighted by Crippen LogP contribution is 2.28. The van der Waals surface area contributed by atoms with E-state index in [0.29, 0.717) is 18.5 Å². The molecule has 1 amide bonds. The van der Waals surface area contributed by atoms with Crippen molar-refractivity contribution in [2.45, 2.75) is 38.9 Å². The minimum atomic E-state index is -4.47. The maximum absolute atomic E-state index is 12.4. The zero-order chi connectivity index (χ0) is 16.3. The summed E-state index contributed by atoms with van der Waals surface area (Å²) in [5.41, 5.74) is 4.11. The van der Waals surface area contributed by atoms with Crippen molar-refractivity contribution >= 4 is 5.91 Å². The minimum Gasteiger partial charge on any atom is -0.344 e. The van der Waals surface area contributed by atoms with E-state index in [1.54, 1.807) is 6.92 Å². The molecule has 0 fully saturated rings. The molecule has 0 aliphatic heterocycles. The maximum Gasteiger partial charge on any atom is 0.417 e. The molecule has 21 heavy (non-hydrogen) atoms. The molecule has 0 spiro atoms. The summed E-state index contributed by atoms with van der Waals surface area (Å²) in [7, 11) is 0. The van der Waals surface area contributed by atoms with E-state index in [-0.39, 0.29) is 12.2 Å². The smallest absolute Gasteiger partial charge is 0.344 e. The van der Waals surface area contributed by atoms with Crippen LogP contribution in [0.2, 0.25) is 0 Å². The highest BCUT2D eigenvalue weighted by atomic mass is 19.4. The zero-order valence-corrected chi connectivity index (χ0v) is 12.3. The van der Waals surface area contributed by atoms with E-state index in [9.17, 15) is 18.0 Å². The maximum atomic E-state index is 12.4. The van der Waals surface area contributed by atoms with Crippen LogP contribution in [0.15, 0.2) is 18.3 Å². The second-order valence-corrected chi connectivity index (χ2v) is 5.75. The lowest BCUT2D eigenvalue weighted by molar-refractivity contribution is -0.137. The van der Waals surface area contributed by atoms with E-state index in [1.807, 2.05) is 13.8 Å². The second kappa shape index (κ2) is 6.43. The lowest BCUT2D eigenvalue weighted by atomic mass is 9.90. The first-order valence-electron chi connectivity index (χ1n) is 6.63. The van der Waals surface area contributed by atoms with Gasteiger partial charge in [0.05, 0.1) is 11.1 Å². The second-order valence-electron chi connectivity index (χ2n) is 5.75. The Labute approximate surface area is 121 Å². The first-order valence-corrected chi connectivity index (χ1v) is 6.63. The topological polar surface area (TPSA) is 68.0 Å². The number of hydrogen-bond donors (Lipinski definition) is 2. The van der Waals surface area contributed by atoms with Crippen molar-refractivity contribution in [1.29, 1.82) is 0 Å². The Kier molecular flexibility index (Phi) is 5.33. The van der Waals surface area contributed by atoms with Crippen LogP contribution in [0.5, 0.6) is 0 Å². The van der Waals surface area contributed by atoms with Crippen LogP contribution in [0, 0.1) is 5.92 Å². The van der Waals surface area contributed by atoms with Crippen LogP contribution in [0.3, 0.4) is 0 Å². The summed E-state index contributed by atoms with van der Waals surface area (Å²) in [6.45, 7) is 6.03. The Morgan fingerprint density at radius 2 is 2.00 bits per heavy atom. The van der Waals surface area contributed by atoms with Gasteiger partial charge in [-0.1, -0.05) is 13.8 Å². The van der Waals surface area contributed by atoms with Gasteiger partial charge >= 0.3 is 6.18 Å². The first-order chi connectivity index (χ1) is 9.57. The van der Waals surface area contributed by atoms with Crippen molar-refractivity contribution in [3.05, 3.63) is 29.6 Å². The molecule has 1 rings (SSSR count). The zero-order valence-electron chi connectivity index (χ0n) is 12.3. The summed E-state index contributed by atoms with van der Waals surface area (Å²) in [5, 5.41) is 2.74. The fraction of sp³-hybridized carbons (Fsp3) is 0.571. The Morgan fingerprint density at radius 1 is 1.38 bits per heavy atom. The molecule has 7 heteroatoms. The fourth-order valence-electron chi connectivity index (χ4n) is 2.12. The van der Waals surface area contributed by atoms with Crippen LogP contribution in [-0.2, 0) is 6.18 Å². The number of halogens is 3. The predicted molar refractivity (Wildman–Crippen MR) is 73.6 cm³/mol. The highest BCUT2D eigenvalue weighted by Gasteiger charge is 2.31. The number of amides is 1. The molecule has 0 aromatic carbocycles. The SMILES string of the molecule is CC(C)CC(C)(CN)NC(=O)c1ccc(C(F)(F)F)cn1. The number of aromatic nitrogens is 1. The number of rotatable bonds is 5. The standard InChI is InChI=1S/C14H20F3N3O/c1-9(2)6-13(3,8-18)20-12(21)11-5-4-10(7-19-11)14(15,16)17/h4-5,7,9H,6,8,18H2,1-3H3,(H,20,21). The van der Waals surface area contributed by atoms with Crippen LogP contribution >= 0.6 is 0 Å². The van der Waals surface area contributed by atoms with Crippen molar-refractivity contribution in [3.63, 3.8) is 0 Å². The average molecular weight is 303 g/mol. The third-order valence-electron chi connectivity index (χ3n) is 3.05. The summed E-state index contributed by atoms with van der Waals surface area (Å²) in [4.78, 5) is 15.6. The summed E-state index contributed by atoms with van der Waals surface area (Å²) in [5.74, 6) is -0.211. The highest BCUT2D eigenvalue weighted by molar-refractivity contribution is 5.92. The van der Waals surface area contributed by atoms with Gasteiger partial charge in [-0.2, -0.15) is 13.2 Å². The molecule has 1 atom stereocenters. The molecule has 0 aliphatic rings. The van der Waals surface area contributed by atoms with Crippen molar-refractivity contribution in [2.24, 2.45) is 11.7 Å². The van der Waals surface area contributed by atoms with Crippen molar-refractivity contribution < 1.29 is 18.0 Å². The Morgan fingerprint density at radius 3 is 2.38 bits per heavy atom. The van der Waals surface area contributed by atoms with E-state index in [4.69, 9.17) is 5.73 Å². The molecule has 1 heterocycles. The Bertz CT molecular complexity index is 485. The molecule has 1 unspecified atom stereocenters.